The average molecular weight is 250 g/mol. The lowest BCUT2D eigenvalue weighted by Crippen LogP contribution is -2.46. The van der Waals surface area contributed by atoms with Gasteiger partial charge in [-0.1, -0.05) is 44.2 Å². The smallest absolute Gasteiger partial charge is 0.314 e. The van der Waals surface area contributed by atoms with Crippen LogP contribution in [0, 0.1) is 5.92 Å². The summed E-state index contributed by atoms with van der Waals surface area (Å²) in [6.45, 7) is 3.42. The van der Waals surface area contributed by atoms with Crippen LogP contribution in [0.15, 0.2) is 30.3 Å². The molecule has 2 atom stereocenters. The molecule has 0 bridgehead atoms. The number of aliphatic carboxylic acids is 2. The lowest BCUT2D eigenvalue weighted by Gasteiger charge is -2.34. The largest absolute Gasteiger partial charge is 0.481 e. The Morgan fingerprint density at radius 2 is 1.72 bits per heavy atom. The van der Waals surface area contributed by atoms with Gasteiger partial charge < -0.3 is 10.2 Å². The minimum absolute atomic E-state index is 0.247. The third kappa shape index (κ3) is 2.23. The van der Waals surface area contributed by atoms with Crippen LogP contribution in [-0.2, 0) is 15.0 Å². The van der Waals surface area contributed by atoms with Crippen molar-refractivity contribution in [2.24, 2.45) is 5.92 Å². The summed E-state index contributed by atoms with van der Waals surface area (Å²) < 4.78 is 0. The molecule has 98 valence electrons. The molecule has 0 fully saturated rings. The van der Waals surface area contributed by atoms with E-state index in [0.717, 1.165) is 0 Å². The van der Waals surface area contributed by atoms with Gasteiger partial charge in [0.1, 0.15) is 5.41 Å². The van der Waals surface area contributed by atoms with Gasteiger partial charge in [-0.15, -0.1) is 0 Å². The topological polar surface area (TPSA) is 74.6 Å². The van der Waals surface area contributed by atoms with Crippen LogP contribution >= 0.6 is 0 Å². The van der Waals surface area contributed by atoms with Crippen molar-refractivity contribution in [2.45, 2.75) is 32.1 Å². The van der Waals surface area contributed by atoms with Gasteiger partial charge in [0.25, 0.3) is 0 Å². The summed E-state index contributed by atoms with van der Waals surface area (Å²) in [6.07, 6.45) is 0.529. The fourth-order valence-electron chi connectivity index (χ4n) is 2.54. The van der Waals surface area contributed by atoms with Crippen LogP contribution in [0.1, 0.15) is 32.3 Å². The van der Waals surface area contributed by atoms with E-state index >= 15 is 0 Å². The molecule has 0 aliphatic rings. The number of hydrogen-bond acceptors (Lipinski definition) is 2. The maximum atomic E-state index is 11.7. The summed E-state index contributed by atoms with van der Waals surface area (Å²) in [4.78, 5) is 23.0. The summed E-state index contributed by atoms with van der Waals surface area (Å²) in [5.41, 5.74) is -0.809. The van der Waals surface area contributed by atoms with Gasteiger partial charge in [0.2, 0.25) is 0 Å². The summed E-state index contributed by atoms with van der Waals surface area (Å²) >= 11 is 0. The molecule has 0 spiro atoms. The molecule has 2 N–H and O–H groups in total. The first-order chi connectivity index (χ1) is 8.50. The predicted octanol–water partition coefficient (Wildman–Crippen LogP) is 2.53. The van der Waals surface area contributed by atoms with Crippen molar-refractivity contribution in [2.75, 3.05) is 0 Å². The van der Waals surface area contributed by atoms with E-state index in [1.54, 1.807) is 44.2 Å². The molecule has 0 aliphatic carbocycles. The first-order valence-corrected chi connectivity index (χ1v) is 6.02. The highest BCUT2D eigenvalue weighted by Gasteiger charge is 2.48. The summed E-state index contributed by atoms with van der Waals surface area (Å²) in [6, 6.07) is 8.62. The monoisotopic (exact) mass is 250 g/mol. The van der Waals surface area contributed by atoms with Crippen LogP contribution in [0.25, 0.3) is 0 Å². The van der Waals surface area contributed by atoms with Crippen molar-refractivity contribution in [3.05, 3.63) is 35.9 Å². The Hall–Kier alpha value is -1.84. The van der Waals surface area contributed by atoms with Crippen molar-refractivity contribution >= 4 is 11.9 Å². The fraction of sp³-hybridized carbons (Fsp3) is 0.429. The Balaban J connectivity index is 3.43. The average Bonchev–Trinajstić information content (AvgIpc) is 2.35. The molecule has 2 unspecified atom stereocenters. The highest BCUT2D eigenvalue weighted by atomic mass is 16.4. The Kier molecular flexibility index (Phi) is 4.48. The van der Waals surface area contributed by atoms with E-state index in [1.807, 2.05) is 0 Å². The van der Waals surface area contributed by atoms with Crippen LogP contribution < -0.4 is 0 Å². The van der Waals surface area contributed by atoms with Gasteiger partial charge in [-0.3, -0.25) is 9.59 Å². The van der Waals surface area contributed by atoms with Gasteiger partial charge in [0.05, 0.1) is 5.92 Å². The predicted molar refractivity (Wildman–Crippen MR) is 67.5 cm³/mol. The second-order valence-electron chi connectivity index (χ2n) is 4.30. The van der Waals surface area contributed by atoms with E-state index in [0.29, 0.717) is 5.56 Å². The number of benzene rings is 1. The zero-order valence-corrected chi connectivity index (χ0v) is 10.6. The van der Waals surface area contributed by atoms with E-state index < -0.39 is 23.3 Å². The lowest BCUT2D eigenvalue weighted by molar-refractivity contribution is -0.156. The lowest BCUT2D eigenvalue weighted by atomic mass is 9.67. The van der Waals surface area contributed by atoms with Crippen molar-refractivity contribution < 1.29 is 19.8 Å². The third-order valence-corrected chi connectivity index (χ3v) is 3.53. The van der Waals surface area contributed by atoms with Gasteiger partial charge in [-0.25, -0.2) is 0 Å². The molecule has 0 radical (unpaired) electrons. The maximum Gasteiger partial charge on any atom is 0.314 e. The molecular formula is C14H18O4. The molecule has 4 heteroatoms. The quantitative estimate of drug-likeness (QED) is 0.813. The molecule has 1 rings (SSSR count). The Morgan fingerprint density at radius 3 is 2.06 bits per heavy atom. The minimum Gasteiger partial charge on any atom is -0.481 e. The summed E-state index contributed by atoms with van der Waals surface area (Å²) in [5.74, 6) is -3.07. The number of carboxylic acids is 2. The van der Waals surface area contributed by atoms with E-state index in [-0.39, 0.29) is 12.8 Å². The van der Waals surface area contributed by atoms with Crippen molar-refractivity contribution in [1.82, 2.24) is 0 Å². The Morgan fingerprint density at radius 1 is 1.17 bits per heavy atom. The first kappa shape index (κ1) is 14.2. The van der Waals surface area contributed by atoms with Crippen molar-refractivity contribution in [1.29, 1.82) is 0 Å². The SMILES string of the molecule is CCC(C(=O)O)C(CC)(C(=O)O)c1ccccc1. The Labute approximate surface area is 106 Å². The molecule has 0 aliphatic heterocycles. The van der Waals surface area contributed by atoms with Gasteiger partial charge in [0.15, 0.2) is 0 Å². The van der Waals surface area contributed by atoms with E-state index in [2.05, 4.69) is 0 Å². The van der Waals surface area contributed by atoms with Gasteiger partial charge >= 0.3 is 11.9 Å². The van der Waals surface area contributed by atoms with Crippen LogP contribution in [-0.4, -0.2) is 22.2 Å². The third-order valence-electron chi connectivity index (χ3n) is 3.53. The minimum atomic E-state index is -1.36. The number of hydrogen-bond donors (Lipinski definition) is 2. The number of carboxylic acid groups (broad SMARTS) is 2. The molecule has 0 aromatic heterocycles. The van der Waals surface area contributed by atoms with E-state index in [9.17, 15) is 19.8 Å². The first-order valence-electron chi connectivity index (χ1n) is 6.02. The molecule has 1 aromatic rings. The zero-order valence-electron chi connectivity index (χ0n) is 10.6. The molecule has 1 aromatic carbocycles. The van der Waals surface area contributed by atoms with Crippen molar-refractivity contribution in [3.63, 3.8) is 0 Å². The summed E-state index contributed by atoms with van der Waals surface area (Å²) in [7, 11) is 0. The molecule has 18 heavy (non-hydrogen) atoms. The molecule has 0 heterocycles. The highest BCUT2D eigenvalue weighted by Crippen LogP contribution is 2.38. The van der Waals surface area contributed by atoms with Crippen LogP contribution in [0.2, 0.25) is 0 Å². The van der Waals surface area contributed by atoms with Gasteiger partial charge in [-0.2, -0.15) is 0 Å². The second kappa shape index (κ2) is 5.67. The molecule has 0 amide bonds. The molecule has 0 saturated carbocycles. The maximum absolute atomic E-state index is 11.7. The second-order valence-corrected chi connectivity index (χ2v) is 4.30. The fourth-order valence-corrected chi connectivity index (χ4v) is 2.54. The van der Waals surface area contributed by atoms with Crippen LogP contribution in [0.4, 0.5) is 0 Å². The molecule has 4 nitrogen and oxygen atoms in total. The van der Waals surface area contributed by atoms with E-state index in [4.69, 9.17) is 0 Å². The van der Waals surface area contributed by atoms with Gasteiger partial charge in [-0.05, 0) is 18.4 Å². The van der Waals surface area contributed by atoms with Crippen LogP contribution in [0.5, 0.6) is 0 Å². The molecule has 0 saturated heterocycles. The highest BCUT2D eigenvalue weighted by molar-refractivity contribution is 5.88. The number of rotatable bonds is 6. The summed E-state index contributed by atoms with van der Waals surface area (Å²) in [5, 5.41) is 18.9. The van der Waals surface area contributed by atoms with E-state index in [1.165, 1.54) is 0 Å². The normalized spacial score (nSPS) is 15.7. The zero-order chi connectivity index (χ0) is 13.8. The standard InChI is InChI=1S/C14H18O4/c1-3-11(12(15)16)14(4-2,13(17)18)10-8-6-5-7-9-10/h5-9,11H,3-4H2,1-2H3,(H,15,16)(H,17,18). The van der Waals surface area contributed by atoms with Gasteiger partial charge in [0, 0.05) is 0 Å². The number of carbonyl (C=O) groups is 2. The van der Waals surface area contributed by atoms with Crippen molar-refractivity contribution in [3.8, 4) is 0 Å². The Bertz CT molecular complexity index is 427. The molecular weight excluding hydrogens is 232 g/mol. The van der Waals surface area contributed by atoms with Crippen LogP contribution in [0.3, 0.4) is 0 Å².